The Labute approximate surface area is 71.7 Å². The van der Waals surface area contributed by atoms with Gasteiger partial charge in [0, 0.05) is 0 Å². The number of rotatable bonds is 3. The first-order valence-electron chi connectivity index (χ1n) is 4.16. The third-order valence-corrected chi connectivity index (χ3v) is 2.14. The number of primary amides is 1. The average molecular weight is 169 g/mol. The SMILES string of the molecule is NC(=O)C([C]=O)N1CCCCC1. The van der Waals surface area contributed by atoms with Gasteiger partial charge in [0.05, 0.1) is 0 Å². The van der Waals surface area contributed by atoms with Crippen LogP contribution in [0.4, 0.5) is 0 Å². The van der Waals surface area contributed by atoms with Gasteiger partial charge in [0.25, 0.3) is 0 Å². The summed E-state index contributed by atoms with van der Waals surface area (Å²) in [5.74, 6) is -0.591. The van der Waals surface area contributed by atoms with E-state index in [0.29, 0.717) is 0 Å². The predicted molar refractivity (Wildman–Crippen MR) is 44.1 cm³/mol. The molecule has 0 aromatic heterocycles. The number of likely N-dealkylation sites (tertiary alicyclic amines) is 1. The number of hydrogen-bond donors (Lipinski definition) is 1. The van der Waals surface area contributed by atoms with Crippen LogP contribution in [0.3, 0.4) is 0 Å². The molecule has 1 heterocycles. The Morgan fingerprint density at radius 1 is 1.33 bits per heavy atom. The van der Waals surface area contributed by atoms with Crippen molar-refractivity contribution in [3.8, 4) is 0 Å². The molecule has 1 radical (unpaired) electrons. The van der Waals surface area contributed by atoms with Crippen LogP contribution in [0, 0.1) is 0 Å². The minimum Gasteiger partial charge on any atom is -0.368 e. The molecule has 0 saturated carbocycles. The highest BCUT2D eigenvalue weighted by Crippen LogP contribution is 2.10. The molecule has 1 unspecified atom stereocenters. The van der Waals surface area contributed by atoms with Crippen molar-refractivity contribution >= 4 is 12.2 Å². The topological polar surface area (TPSA) is 63.4 Å². The first-order valence-corrected chi connectivity index (χ1v) is 4.16. The summed E-state index contributed by atoms with van der Waals surface area (Å²) in [6.45, 7) is 1.56. The summed E-state index contributed by atoms with van der Waals surface area (Å²) < 4.78 is 0. The average Bonchev–Trinajstić information content (AvgIpc) is 2.07. The fourth-order valence-corrected chi connectivity index (χ4v) is 1.49. The Hall–Kier alpha value is -0.900. The highest BCUT2D eigenvalue weighted by atomic mass is 16.2. The van der Waals surface area contributed by atoms with E-state index in [9.17, 15) is 9.59 Å². The van der Waals surface area contributed by atoms with Crippen molar-refractivity contribution in [1.82, 2.24) is 4.90 Å². The third-order valence-electron chi connectivity index (χ3n) is 2.14. The molecule has 2 N–H and O–H groups in total. The Morgan fingerprint density at radius 2 is 1.92 bits per heavy atom. The van der Waals surface area contributed by atoms with Gasteiger partial charge in [-0.1, -0.05) is 6.42 Å². The van der Waals surface area contributed by atoms with Crippen LogP contribution >= 0.6 is 0 Å². The molecule has 1 amide bonds. The van der Waals surface area contributed by atoms with Crippen LogP contribution < -0.4 is 5.73 Å². The maximum atomic E-state index is 10.7. The van der Waals surface area contributed by atoms with Crippen LogP contribution in [0.5, 0.6) is 0 Å². The van der Waals surface area contributed by atoms with Gasteiger partial charge in [-0.25, -0.2) is 0 Å². The highest BCUT2D eigenvalue weighted by molar-refractivity contribution is 5.94. The van der Waals surface area contributed by atoms with Crippen molar-refractivity contribution in [2.24, 2.45) is 5.73 Å². The molecule has 1 saturated heterocycles. The van der Waals surface area contributed by atoms with Crippen molar-refractivity contribution in [2.45, 2.75) is 25.3 Å². The predicted octanol–water partition coefficient (Wildman–Crippen LogP) is -0.564. The van der Waals surface area contributed by atoms with E-state index in [0.717, 1.165) is 25.9 Å². The van der Waals surface area contributed by atoms with Crippen LogP contribution in [0.1, 0.15) is 19.3 Å². The molecule has 1 rings (SSSR count). The summed E-state index contributed by atoms with van der Waals surface area (Å²) in [7, 11) is 0. The summed E-state index contributed by atoms with van der Waals surface area (Å²) in [5, 5.41) is 0. The maximum Gasteiger partial charge on any atom is 0.243 e. The fourth-order valence-electron chi connectivity index (χ4n) is 1.49. The van der Waals surface area contributed by atoms with Gasteiger partial charge >= 0.3 is 0 Å². The molecule has 1 aliphatic heterocycles. The Kier molecular flexibility index (Phi) is 3.22. The van der Waals surface area contributed by atoms with E-state index < -0.39 is 11.9 Å². The second kappa shape index (κ2) is 4.21. The standard InChI is InChI=1S/C8H13N2O2/c9-8(12)7(6-11)10-4-2-1-3-5-10/h7H,1-5H2,(H2,9,12). The van der Waals surface area contributed by atoms with Crippen LogP contribution in [0.2, 0.25) is 0 Å². The number of amides is 1. The third kappa shape index (κ3) is 2.04. The Morgan fingerprint density at radius 3 is 2.33 bits per heavy atom. The van der Waals surface area contributed by atoms with Crippen molar-refractivity contribution in [3.63, 3.8) is 0 Å². The molecule has 0 aliphatic carbocycles. The molecule has 1 fully saturated rings. The first kappa shape index (κ1) is 9.19. The van der Waals surface area contributed by atoms with Crippen LogP contribution in [0.15, 0.2) is 0 Å². The molecule has 0 aromatic rings. The molecular weight excluding hydrogens is 156 g/mol. The van der Waals surface area contributed by atoms with Crippen molar-refractivity contribution < 1.29 is 9.59 Å². The van der Waals surface area contributed by atoms with Crippen LogP contribution in [-0.4, -0.2) is 36.2 Å². The number of carbonyl (C=O) groups is 1. The van der Waals surface area contributed by atoms with Gasteiger partial charge in [-0.05, 0) is 25.9 Å². The molecule has 1 atom stereocenters. The normalized spacial score (nSPS) is 21.7. The van der Waals surface area contributed by atoms with Gasteiger partial charge < -0.3 is 5.73 Å². The van der Waals surface area contributed by atoms with E-state index in [1.807, 2.05) is 0 Å². The minimum atomic E-state index is -0.828. The Bertz CT molecular complexity index is 176. The van der Waals surface area contributed by atoms with Crippen LogP contribution in [-0.2, 0) is 9.59 Å². The monoisotopic (exact) mass is 169 g/mol. The Balaban J connectivity index is 2.51. The van der Waals surface area contributed by atoms with Gasteiger partial charge in [-0.15, -0.1) is 0 Å². The van der Waals surface area contributed by atoms with Gasteiger partial charge in [0.1, 0.15) is 0 Å². The molecule has 4 nitrogen and oxygen atoms in total. The second-order valence-corrected chi connectivity index (χ2v) is 3.02. The van der Waals surface area contributed by atoms with Crippen LogP contribution in [0.25, 0.3) is 0 Å². The zero-order valence-corrected chi connectivity index (χ0v) is 6.95. The molecule has 4 heteroatoms. The highest BCUT2D eigenvalue weighted by Gasteiger charge is 2.24. The zero-order chi connectivity index (χ0) is 8.97. The lowest BCUT2D eigenvalue weighted by Crippen LogP contribution is -2.47. The van der Waals surface area contributed by atoms with Crippen molar-refractivity contribution in [2.75, 3.05) is 13.1 Å². The minimum absolute atomic E-state index is 0.591. The van der Waals surface area contributed by atoms with E-state index in [2.05, 4.69) is 0 Å². The molecule has 1 aliphatic rings. The van der Waals surface area contributed by atoms with Crippen molar-refractivity contribution in [3.05, 3.63) is 0 Å². The smallest absolute Gasteiger partial charge is 0.243 e. The number of carbonyl (C=O) groups excluding carboxylic acids is 2. The quantitative estimate of drug-likeness (QED) is 0.576. The molecule has 0 bridgehead atoms. The number of piperidine rings is 1. The lowest BCUT2D eigenvalue weighted by atomic mass is 10.1. The van der Waals surface area contributed by atoms with E-state index in [4.69, 9.17) is 5.73 Å². The van der Waals surface area contributed by atoms with E-state index in [1.54, 1.807) is 11.2 Å². The van der Waals surface area contributed by atoms with Gasteiger partial charge in [-0.3, -0.25) is 14.5 Å². The molecule has 0 spiro atoms. The zero-order valence-electron chi connectivity index (χ0n) is 6.95. The largest absolute Gasteiger partial charge is 0.368 e. The number of nitrogens with zero attached hydrogens (tertiary/aromatic N) is 1. The van der Waals surface area contributed by atoms with E-state index >= 15 is 0 Å². The second-order valence-electron chi connectivity index (χ2n) is 3.02. The van der Waals surface area contributed by atoms with E-state index in [-0.39, 0.29) is 0 Å². The van der Waals surface area contributed by atoms with Gasteiger partial charge in [0.2, 0.25) is 12.2 Å². The van der Waals surface area contributed by atoms with Gasteiger partial charge in [-0.2, -0.15) is 0 Å². The van der Waals surface area contributed by atoms with Crippen molar-refractivity contribution in [1.29, 1.82) is 0 Å². The van der Waals surface area contributed by atoms with Gasteiger partial charge in [0.15, 0.2) is 6.04 Å². The molecule has 0 aromatic carbocycles. The summed E-state index contributed by atoms with van der Waals surface area (Å²) in [6.07, 6.45) is 4.91. The summed E-state index contributed by atoms with van der Waals surface area (Å²) >= 11 is 0. The lowest BCUT2D eigenvalue weighted by Gasteiger charge is -2.28. The summed E-state index contributed by atoms with van der Waals surface area (Å²) in [4.78, 5) is 22.9. The molecular formula is C8H13N2O2. The maximum absolute atomic E-state index is 10.7. The lowest BCUT2D eigenvalue weighted by molar-refractivity contribution is -0.121. The first-order chi connectivity index (χ1) is 5.75. The fraction of sp³-hybridized carbons (Fsp3) is 0.750. The molecule has 12 heavy (non-hydrogen) atoms. The number of hydrogen-bond acceptors (Lipinski definition) is 3. The van der Waals surface area contributed by atoms with E-state index in [1.165, 1.54) is 6.42 Å². The molecule has 67 valence electrons. The number of nitrogens with two attached hydrogens (primary N) is 1. The summed E-state index contributed by atoms with van der Waals surface area (Å²) in [6, 6.07) is -0.828. The summed E-state index contributed by atoms with van der Waals surface area (Å²) in [5.41, 5.74) is 5.03.